The second-order valence-electron chi connectivity index (χ2n) is 8.55. The van der Waals surface area contributed by atoms with E-state index in [4.69, 9.17) is 4.74 Å². The van der Waals surface area contributed by atoms with Crippen LogP contribution in [0.5, 0.6) is 0 Å². The molecule has 3 rings (SSSR count). The Morgan fingerprint density at radius 1 is 1.21 bits per heavy atom. The number of alkyl carbamates (subject to hydrolysis) is 1. The molecule has 1 aromatic carbocycles. The highest BCUT2D eigenvalue weighted by Gasteiger charge is 2.32. The highest BCUT2D eigenvalue weighted by atomic mass is 32.1. The molecule has 0 spiro atoms. The van der Waals surface area contributed by atoms with Crippen molar-refractivity contribution < 1.29 is 23.9 Å². The van der Waals surface area contributed by atoms with Gasteiger partial charge in [-0.15, -0.1) is 0 Å². The number of hydrogen-bond acceptors (Lipinski definition) is 7. The fourth-order valence-corrected chi connectivity index (χ4v) is 4.33. The van der Waals surface area contributed by atoms with Crippen LogP contribution >= 0.6 is 11.5 Å². The van der Waals surface area contributed by atoms with E-state index in [0.29, 0.717) is 12.2 Å². The molecule has 2 unspecified atom stereocenters. The Labute approximate surface area is 202 Å². The van der Waals surface area contributed by atoms with Crippen LogP contribution in [0.2, 0.25) is 0 Å². The second kappa shape index (κ2) is 12.3. The Hall–Kier alpha value is -3.27. The number of carbonyl (C=O) groups is 4. The lowest BCUT2D eigenvalue weighted by molar-refractivity contribution is -0.140. The number of nitrogens with zero attached hydrogens (tertiary/aromatic N) is 1. The van der Waals surface area contributed by atoms with Crippen molar-refractivity contribution >= 4 is 35.2 Å². The molecule has 0 saturated carbocycles. The van der Waals surface area contributed by atoms with Crippen molar-refractivity contribution in [2.75, 3.05) is 6.54 Å². The number of ketones is 1. The number of hydrogen-bond donors (Lipinski definition) is 3. The van der Waals surface area contributed by atoms with Gasteiger partial charge >= 0.3 is 6.09 Å². The minimum atomic E-state index is -1.09. The monoisotopic (exact) mass is 486 g/mol. The van der Waals surface area contributed by atoms with Crippen LogP contribution < -0.4 is 16.0 Å². The fraction of sp³-hybridized carbons (Fsp3) is 0.458. The summed E-state index contributed by atoms with van der Waals surface area (Å²) in [6.45, 7) is 3.99. The standard InChI is InChI=1S/C24H30N4O5S/c1-15(2)20(27-24(32)33-14-16-8-4-3-5-9-16)22(30)26-19-13-17-12-18(34-28-17)10-6-7-11-25-23(31)21(19)29/h3-5,8-9,12,15,19-20H,6-7,10-11,13-14H2,1-2H3,(H,25,31)(H,26,30)(H,27,32). The number of rotatable bonds is 6. The van der Waals surface area contributed by atoms with Crippen molar-refractivity contribution in [1.82, 2.24) is 20.3 Å². The number of benzene rings is 1. The van der Waals surface area contributed by atoms with Gasteiger partial charge in [0.1, 0.15) is 18.7 Å². The van der Waals surface area contributed by atoms with Gasteiger partial charge in [0.25, 0.3) is 5.91 Å². The molecule has 2 heterocycles. The lowest BCUT2D eigenvalue weighted by Gasteiger charge is -2.24. The molecule has 1 aliphatic rings. The maximum absolute atomic E-state index is 13.1. The number of Topliss-reactive ketones (excluding diaryl/α,β-unsaturated/α-hetero) is 1. The average molecular weight is 487 g/mol. The van der Waals surface area contributed by atoms with Crippen LogP contribution in [0.3, 0.4) is 0 Å². The summed E-state index contributed by atoms with van der Waals surface area (Å²) >= 11 is 1.36. The van der Waals surface area contributed by atoms with Gasteiger partial charge < -0.3 is 20.7 Å². The minimum absolute atomic E-state index is 0.0621. The first-order chi connectivity index (χ1) is 16.3. The quantitative estimate of drug-likeness (QED) is 0.537. The van der Waals surface area contributed by atoms with Crippen molar-refractivity contribution in [2.24, 2.45) is 5.92 Å². The van der Waals surface area contributed by atoms with Gasteiger partial charge in [0.05, 0.1) is 5.69 Å². The molecule has 1 aromatic heterocycles. The zero-order valence-electron chi connectivity index (χ0n) is 19.3. The van der Waals surface area contributed by atoms with Gasteiger partial charge in [0.2, 0.25) is 11.7 Å². The Morgan fingerprint density at radius 3 is 2.71 bits per heavy atom. The van der Waals surface area contributed by atoms with Gasteiger partial charge in [-0.25, -0.2) is 4.79 Å². The van der Waals surface area contributed by atoms with Gasteiger partial charge in [-0.3, -0.25) is 14.4 Å². The first-order valence-electron chi connectivity index (χ1n) is 11.4. The normalized spacial score (nSPS) is 17.7. The first-order valence-corrected chi connectivity index (χ1v) is 12.1. The Balaban J connectivity index is 1.67. The number of amides is 3. The molecular weight excluding hydrogens is 456 g/mol. The molecule has 0 aliphatic carbocycles. The Kier molecular flexibility index (Phi) is 9.15. The topological polar surface area (TPSA) is 126 Å². The van der Waals surface area contributed by atoms with E-state index in [9.17, 15) is 19.2 Å². The number of aryl methyl sites for hydroxylation is 1. The molecule has 2 atom stereocenters. The summed E-state index contributed by atoms with van der Waals surface area (Å²) in [6, 6.07) is 9.05. The highest BCUT2D eigenvalue weighted by molar-refractivity contribution is 7.05. The fourth-order valence-electron chi connectivity index (χ4n) is 3.55. The third-order valence-corrected chi connectivity index (χ3v) is 6.33. The van der Waals surface area contributed by atoms with Crippen LogP contribution in [-0.4, -0.2) is 46.7 Å². The number of carbonyl (C=O) groups excluding carboxylic acids is 4. The average Bonchev–Trinajstić information content (AvgIpc) is 3.27. The molecule has 2 bridgehead atoms. The second-order valence-corrected chi connectivity index (χ2v) is 9.44. The summed E-state index contributed by atoms with van der Waals surface area (Å²) in [7, 11) is 0. The Morgan fingerprint density at radius 2 is 1.97 bits per heavy atom. The number of aromatic nitrogens is 1. The van der Waals surface area contributed by atoms with Gasteiger partial charge in [0.15, 0.2) is 0 Å². The molecule has 182 valence electrons. The maximum Gasteiger partial charge on any atom is 0.408 e. The summed E-state index contributed by atoms with van der Waals surface area (Å²) in [5, 5.41) is 7.85. The van der Waals surface area contributed by atoms with Gasteiger partial charge in [0, 0.05) is 17.8 Å². The maximum atomic E-state index is 13.1. The molecule has 0 saturated heterocycles. The van der Waals surface area contributed by atoms with Crippen LogP contribution in [0.4, 0.5) is 4.79 Å². The molecule has 9 nitrogen and oxygen atoms in total. The smallest absolute Gasteiger partial charge is 0.408 e. The van der Waals surface area contributed by atoms with Crippen molar-refractivity contribution in [3.8, 4) is 0 Å². The predicted molar refractivity (Wildman–Crippen MR) is 127 cm³/mol. The summed E-state index contributed by atoms with van der Waals surface area (Å²) < 4.78 is 9.61. The third-order valence-electron chi connectivity index (χ3n) is 5.45. The molecule has 3 amide bonds. The molecule has 34 heavy (non-hydrogen) atoms. The zero-order chi connectivity index (χ0) is 24.5. The van der Waals surface area contributed by atoms with Gasteiger partial charge in [-0.2, -0.15) is 4.37 Å². The Bertz CT molecular complexity index is 1010. The van der Waals surface area contributed by atoms with E-state index < -0.39 is 35.8 Å². The van der Waals surface area contributed by atoms with E-state index in [1.54, 1.807) is 13.8 Å². The van der Waals surface area contributed by atoms with E-state index in [0.717, 1.165) is 29.7 Å². The third kappa shape index (κ3) is 7.38. The van der Waals surface area contributed by atoms with E-state index in [-0.39, 0.29) is 18.9 Å². The van der Waals surface area contributed by atoms with E-state index >= 15 is 0 Å². The molecule has 10 heteroatoms. The van der Waals surface area contributed by atoms with Crippen LogP contribution in [0.15, 0.2) is 36.4 Å². The first kappa shape index (κ1) is 25.4. The largest absolute Gasteiger partial charge is 0.445 e. The summed E-state index contributed by atoms with van der Waals surface area (Å²) in [5.74, 6) is -2.33. The van der Waals surface area contributed by atoms with Crippen LogP contribution in [0, 0.1) is 5.92 Å². The molecule has 0 radical (unpaired) electrons. The molecular formula is C24H30N4O5S. The lowest BCUT2D eigenvalue weighted by atomic mass is 10.0. The van der Waals surface area contributed by atoms with E-state index in [2.05, 4.69) is 20.3 Å². The molecule has 3 N–H and O–H groups in total. The summed E-state index contributed by atoms with van der Waals surface area (Å²) in [4.78, 5) is 51.7. The van der Waals surface area contributed by atoms with Crippen molar-refractivity contribution in [3.05, 3.63) is 52.5 Å². The van der Waals surface area contributed by atoms with Crippen LogP contribution in [-0.2, 0) is 38.6 Å². The van der Waals surface area contributed by atoms with Crippen LogP contribution in [0.25, 0.3) is 0 Å². The van der Waals surface area contributed by atoms with Crippen LogP contribution in [0.1, 0.15) is 42.8 Å². The molecule has 0 fully saturated rings. The highest BCUT2D eigenvalue weighted by Crippen LogP contribution is 2.16. The number of ether oxygens (including phenoxy) is 1. The van der Waals surface area contributed by atoms with E-state index in [1.165, 1.54) is 11.5 Å². The van der Waals surface area contributed by atoms with Crippen molar-refractivity contribution in [3.63, 3.8) is 0 Å². The summed E-state index contributed by atoms with van der Waals surface area (Å²) in [5.41, 5.74) is 1.46. The number of nitrogens with one attached hydrogen (secondary N) is 3. The SMILES string of the molecule is CC(C)C(NC(=O)OCc1ccccc1)C(=O)NC1Cc2cc(sn2)CCCCNC(=O)C1=O. The predicted octanol–water partition coefficient (Wildman–Crippen LogP) is 2.14. The van der Waals surface area contributed by atoms with Gasteiger partial charge in [-0.05, 0) is 48.3 Å². The molecule has 1 aliphatic heterocycles. The zero-order valence-corrected chi connectivity index (χ0v) is 20.2. The lowest BCUT2D eigenvalue weighted by Crippen LogP contribution is -2.56. The number of fused-ring (bicyclic) bond motifs is 2. The molecule has 2 aromatic rings. The summed E-state index contributed by atoms with van der Waals surface area (Å²) in [6.07, 6.45) is 1.83. The minimum Gasteiger partial charge on any atom is -0.445 e. The van der Waals surface area contributed by atoms with Gasteiger partial charge in [-0.1, -0.05) is 44.2 Å². The van der Waals surface area contributed by atoms with E-state index in [1.807, 2.05) is 36.4 Å². The van der Waals surface area contributed by atoms with Crippen molar-refractivity contribution in [2.45, 2.75) is 58.2 Å². The van der Waals surface area contributed by atoms with Crippen molar-refractivity contribution in [1.29, 1.82) is 0 Å².